The third-order valence-electron chi connectivity index (χ3n) is 1.10. The van der Waals surface area contributed by atoms with E-state index in [0.717, 1.165) is 0 Å². The normalized spacial score (nSPS) is 11.4. The predicted molar refractivity (Wildman–Crippen MR) is 39.3 cm³/mol. The number of nitrogens with one attached hydrogen (secondary N) is 1. The van der Waals surface area contributed by atoms with Gasteiger partial charge in [0.2, 0.25) is 0 Å². The van der Waals surface area contributed by atoms with Crippen LogP contribution in [0.4, 0.5) is 0 Å². The van der Waals surface area contributed by atoms with Crippen molar-refractivity contribution >= 4 is 10.0 Å². The molecule has 0 unspecified atom stereocenters. The minimum Gasteiger partial charge on any atom is -0.243 e. The van der Waals surface area contributed by atoms with Crippen LogP contribution in [0.5, 0.6) is 0 Å². The molecule has 1 N–H and O–H groups in total. The molecular formula is C6H7N2O2S. The van der Waals surface area contributed by atoms with Gasteiger partial charge in [-0.1, -0.05) is 0 Å². The van der Waals surface area contributed by atoms with Crippen molar-refractivity contribution in [3.63, 3.8) is 0 Å². The lowest BCUT2D eigenvalue weighted by Gasteiger charge is -1.97. The molecule has 0 bridgehead atoms. The molecule has 1 aromatic heterocycles. The van der Waals surface area contributed by atoms with Gasteiger partial charge in [-0.25, -0.2) is 18.1 Å². The molecule has 0 saturated heterocycles. The molecule has 0 spiro atoms. The van der Waals surface area contributed by atoms with E-state index in [0.29, 0.717) is 0 Å². The molecule has 1 heterocycles. The maximum Gasteiger partial charge on any atom is 0.258 e. The summed E-state index contributed by atoms with van der Waals surface area (Å²) in [6.45, 7) is 0. The Kier molecular flexibility index (Phi) is 2.21. The summed E-state index contributed by atoms with van der Waals surface area (Å²) < 4.78 is 24.1. The lowest BCUT2D eigenvalue weighted by atomic mass is 10.5. The minimum absolute atomic E-state index is 0.0810. The average Bonchev–Trinajstić information content (AvgIpc) is 2.06. The number of pyridine rings is 1. The van der Waals surface area contributed by atoms with Crippen LogP contribution < -0.4 is 4.72 Å². The van der Waals surface area contributed by atoms with E-state index in [2.05, 4.69) is 15.8 Å². The molecule has 1 rings (SSSR count). The Bertz CT molecular complexity index is 320. The van der Waals surface area contributed by atoms with E-state index >= 15 is 0 Å². The SMILES string of the molecule is CNS(=O)(=O)c1[c]cccn1. The molecule has 1 aromatic rings. The standard InChI is InChI=1S/C6H7N2O2S/c1-7-11(9,10)6-4-2-3-5-8-6/h2-3,5,7H,1H3. The highest BCUT2D eigenvalue weighted by atomic mass is 32.2. The number of hydrogen-bond acceptors (Lipinski definition) is 3. The maximum atomic E-state index is 11.0. The molecule has 0 aromatic carbocycles. The summed E-state index contributed by atoms with van der Waals surface area (Å²) in [5.41, 5.74) is 0. The Morgan fingerprint density at radius 3 is 2.82 bits per heavy atom. The first-order valence-corrected chi connectivity index (χ1v) is 4.41. The lowest BCUT2D eigenvalue weighted by Crippen LogP contribution is -2.19. The Balaban J connectivity index is 3.14. The molecule has 1 radical (unpaired) electrons. The van der Waals surface area contributed by atoms with Crippen LogP contribution in [0, 0.1) is 6.07 Å². The monoisotopic (exact) mass is 171 g/mol. The van der Waals surface area contributed by atoms with Gasteiger partial charge in [0.05, 0.1) is 0 Å². The summed E-state index contributed by atoms with van der Waals surface area (Å²) in [6.07, 6.45) is 1.40. The molecule has 0 aliphatic carbocycles. The minimum atomic E-state index is -3.41. The summed E-state index contributed by atoms with van der Waals surface area (Å²) in [6, 6.07) is 5.60. The highest BCUT2D eigenvalue weighted by molar-refractivity contribution is 7.89. The summed E-state index contributed by atoms with van der Waals surface area (Å²) in [7, 11) is -2.08. The second kappa shape index (κ2) is 2.98. The van der Waals surface area contributed by atoms with Crippen LogP contribution in [0.3, 0.4) is 0 Å². The van der Waals surface area contributed by atoms with Gasteiger partial charge in [-0.3, -0.25) is 0 Å². The fraction of sp³-hybridized carbons (Fsp3) is 0.167. The fourth-order valence-electron chi connectivity index (χ4n) is 0.554. The van der Waals surface area contributed by atoms with E-state index < -0.39 is 10.0 Å². The van der Waals surface area contributed by atoms with E-state index in [1.807, 2.05) is 0 Å². The number of hydrogen-bond donors (Lipinski definition) is 1. The van der Waals surface area contributed by atoms with Crippen LogP contribution in [0.25, 0.3) is 0 Å². The number of sulfonamides is 1. The van der Waals surface area contributed by atoms with Crippen LogP contribution >= 0.6 is 0 Å². The van der Waals surface area contributed by atoms with Crippen molar-refractivity contribution in [3.05, 3.63) is 24.4 Å². The zero-order chi connectivity index (χ0) is 8.32. The van der Waals surface area contributed by atoms with Crippen molar-refractivity contribution < 1.29 is 8.42 Å². The van der Waals surface area contributed by atoms with E-state index in [4.69, 9.17) is 0 Å². The molecule has 4 nitrogen and oxygen atoms in total. The van der Waals surface area contributed by atoms with E-state index in [9.17, 15) is 8.42 Å². The number of aromatic nitrogens is 1. The van der Waals surface area contributed by atoms with Crippen molar-refractivity contribution in [1.29, 1.82) is 0 Å². The molecule has 0 fully saturated rings. The van der Waals surface area contributed by atoms with Gasteiger partial charge in [0.15, 0.2) is 5.03 Å². The molecule has 0 aliphatic heterocycles. The van der Waals surface area contributed by atoms with Gasteiger partial charge in [0.25, 0.3) is 10.0 Å². The quantitative estimate of drug-likeness (QED) is 0.669. The van der Waals surface area contributed by atoms with Crippen LogP contribution in [-0.2, 0) is 10.0 Å². The topological polar surface area (TPSA) is 59.1 Å². The molecule has 11 heavy (non-hydrogen) atoms. The van der Waals surface area contributed by atoms with Crippen molar-refractivity contribution in [3.8, 4) is 0 Å². The number of rotatable bonds is 2. The first-order valence-electron chi connectivity index (χ1n) is 2.93. The highest BCUT2D eigenvalue weighted by Gasteiger charge is 2.10. The van der Waals surface area contributed by atoms with Crippen LogP contribution in [0.2, 0.25) is 0 Å². The van der Waals surface area contributed by atoms with Crippen LogP contribution in [0.1, 0.15) is 0 Å². The van der Waals surface area contributed by atoms with E-state index in [-0.39, 0.29) is 5.03 Å². The van der Waals surface area contributed by atoms with Crippen LogP contribution in [0.15, 0.2) is 23.4 Å². The molecule has 0 aliphatic rings. The largest absolute Gasteiger partial charge is 0.258 e. The average molecular weight is 171 g/mol. The highest BCUT2D eigenvalue weighted by Crippen LogP contribution is 1.99. The predicted octanol–water partition coefficient (Wildman–Crippen LogP) is -0.210. The van der Waals surface area contributed by atoms with Crippen molar-refractivity contribution in [2.45, 2.75) is 5.03 Å². The first-order chi connectivity index (χ1) is 5.17. The van der Waals surface area contributed by atoms with Gasteiger partial charge in [-0.05, 0) is 19.2 Å². The van der Waals surface area contributed by atoms with Gasteiger partial charge < -0.3 is 0 Å². The third-order valence-corrected chi connectivity index (χ3v) is 2.37. The lowest BCUT2D eigenvalue weighted by molar-refractivity contribution is 0.584. The fourth-order valence-corrected chi connectivity index (χ4v) is 1.17. The number of nitrogens with zero attached hydrogens (tertiary/aromatic N) is 1. The van der Waals surface area contributed by atoms with Gasteiger partial charge in [0.1, 0.15) is 0 Å². The smallest absolute Gasteiger partial charge is 0.243 e. The zero-order valence-electron chi connectivity index (χ0n) is 5.90. The molecular weight excluding hydrogens is 164 g/mol. The molecule has 0 amide bonds. The summed E-state index contributed by atoms with van der Waals surface area (Å²) in [5, 5.41) is -0.0810. The van der Waals surface area contributed by atoms with E-state index in [1.165, 1.54) is 19.3 Å². The van der Waals surface area contributed by atoms with Gasteiger partial charge in [-0.15, -0.1) is 0 Å². The van der Waals surface area contributed by atoms with Gasteiger partial charge in [-0.2, -0.15) is 0 Å². The Labute approximate surface area is 65.3 Å². The first kappa shape index (κ1) is 8.16. The Morgan fingerprint density at radius 2 is 2.36 bits per heavy atom. The molecule has 59 valence electrons. The van der Waals surface area contributed by atoms with Crippen LogP contribution in [-0.4, -0.2) is 20.4 Å². The Morgan fingerprint density at radius 1 is 1.64 bits per heavy atom. The Hall–Kier alpha value is -0.940. The third kappa shape index (κ3) is 1.75. The van der Waals surface area contributed by atoms with E-state index in [1.54, 1.807) is 6.07 Å². The van der Waals surface area contributed by atoms with Gasteiger partial charge >= 0.3 is 0 Å². The summed E-state index contributed by atoms with van der Waals surface area (Å²) in [4.78, 5) is 3.62. The molecule has 0 atom stereocenters. The molecule has 0 saturated carbocycles. The van der Waals surface area contributed by atoms with Crippen molar-refractivity contribution in [2.75, 3.05) is 7.05 Å². The second-order valence-electron chi connectivity index (χ2n) is 1.79. The van der Waals surface area contributed by atoms with Crippen molar-refractivity contribution in [1.82, 2.24) is 9.71 Å². The maximum absolute atomic E-state index is 11.0. The summed E-state index contributed by atoms with van der Waals surface area (Å²) in [5.74, 6) is 0. The molecule has 5 heteroatoms. The van der Waals surface area contributed by atoms with Gasteiger partial charge in [0, 0.05) is 12.3 Å². The zero-order valence-corrected chi connectivity index (χ0v) is 6.72. The van der Waals surface area contributed by atoms with Crippen molar-refractivity contribution in [2.24, 2.45) is 0 Å². The summed E-state index contributed by atoms with van der Waals surface area (Å²) >= 11 is 0. The second-order valence-corrected chi connectivity index (χ2v) is 3.60.